The molecule has 4 aliphatic carbocycles. The molecule has 2 unspecified atom stereocenters. The monoisotopic (exact) mass is 594 g/mol. The standard InChI is InChI=1S/C36H66O4S/c1-23(2)11-10-12-24(3)29-15-16-30-28-14-13-26-21-27(17-19-35(26,5)31(28)18-20-36(29,30)6)40-33(41-9)22-32(38-7)34(39-8)25(4)37/h23-34,37H,10-22H2,1-9H3/t24-,25+,26-,27-,28-,29+,30-,31-,32+,33?,34?,35-,36+/m0/s1. The number of methoxy groups -OCH3 is 2. The number of rotatable bonds is 14. The Balaban J connectivity index is 1.36. The van der Waals surface area contributed by atoms with Crippen LogP contribution < -0.4 is 0 Å². The first-order valence-corrected chi connectivity index (χ1v) is 18.7. The topological polar surface area (TPSA) is 47.9 Å². The van der Waals surface area contributed by atoms with Gasteiger partial charge in [0.05, 0.1) is 18.3 Å². The third-order valence-corrected chi connectivity index (χ3v) is 14.1. The highest BCUT2D eigenvalue weighted by atomic mass is 32.2. The molecule has 0 aliphatic heterocycles. The molecule has 4 nitrogen and oxygen atoms in total. The zero-order valence-electron chi connectivity index (χ0n) is 28.2. The molecule has 4 saturated carbocycles. The minimum absolute atomic E-state index is 0.0652. The van der Waals surface area contributed by atoms with Gasteiger partial charge in [-0.3, -0.25) is 0 Å². The van der Waals surface area contributed by atoms with E-state index in [0.717, 1.165) is 47.8 Å². The molecule has 0 spiro atoms. The molecule has 1 N–H and O–H groups in total. The zero-order valence-corrected chi connectivity index (χ0v) is 29.0. The lowest BCUT2D eigenvalue weighted by molar-refractivity contribution is -0.144. The van der Waals surface area contributed by atoms with E-state index in [9.17, 15) is 5.11 Å². The first kappa shape index (κ1) is 34.1. The van der Waals surface area contributed by atoms with Crippen LogP contribution in [0, 0.1) is 52.3 Å². The molecule has 0 saturated heterocycles. The maximum Gasteiger partial charge on any atom is 0.109 e. The first-order chi connectivity index (χ1) is 19.5. The highest BCUT2D eigenvalue weighted by Gasteiger charge is 2.60. The second-order valence-electron chi connectivity index (χ2n) is 15.8. The van der Waals surface area contributed by atoms with E-state index in [-0.39, 0.29) is 17.6 Å². The van der Waals surface area contributed by atoms with Gasteiger partial charge in [0, 0.05) is 20.6 Å². The number of hydrogen-bond acceptors (Lipinski definition) is 5. The van der Waals surface area contributed by atoms with Crippen LogP contribution in [0.5, 0.6) is 0 Å². The minimum Gasteiger partial charge on any atom is -0.391 e. The van der Waals surface area contributed by atoms with E-state index >= 15 is 0 Å². The largest absolute Gasteiger partial charge is 0.391 e. The lowest BCUT2D eigenvalue weighted by Gasteiger charge is -2.61. The number of hydrogen-bond donors (Lipinski definition) is 1. The Morgan fingerprint density at radius 2 is 1.56 bits per heavy atom. The molecule has 0 bridgehead atoms. The average molecular weight is 595 g/mol. The van der Waals surface area contributed by atoms with Gasteiger partial charge in [-0.05, 0) is 123 Å². The number of ether oxygens (including phenoxy) is 3. The maximum absolute atomic E-state index is 10.2. The van der Waals surface area contributed by atoms with E-state index in [1.807, 2.05) is 0 Å². The van der Waals surface area contributed by atoms with E-state index in [1.54, 1.807) is 32.9 Å². The van der Waals surface area contributed by atoms with Crippen molar-refractivity contribution in [2.45, 2.75) is 155 Å². The third-order valence-electron chi connectivity index (χ3n) is 13.3. The van der Waals surface area contributed by atoms with Gasteiger partial charge in [0.15, 0.2) is 0 Å². The summed E-state index contributed by atoms with van der Waals surface area (Å²) in [6.45, 7) is 14.5. The molecule has 41 heavy (non-hydrogen) atoms. The van der Waals surface area contributed by atoms with Crippen LogP contribution >= 0.6 is 11.8 Å². The van der Waals surface area contributed by atoms with Gasteiger partial charge in [0.25, 0.3) is 0 Å². The van der Waals surface area contributed by atoms with Crippen molar-refractivity contribution in [2.24, 2.45) is 52.3 Å². The van der Waals surface area contributed by atoms with Crippen molar-refractivity contribution in [3.05, 3.63) is 0 Å². The molecule has 0 heterocycles. The molecule has 0 amide bonds. The Morgan fingerprint density at radius 3 is 2.20 bits per heavy atom. The summed E-state index contributed by atoms with van der Waals surface area (Å²) in [4.78, 5) is 0. The Kier molecular flexibility index (Phi) is 12.1. The summed E-state index contributed by atoms with van der Waals surface area (Å²) < 4.78 is 18.1. The van der Waals surface area contributed by atoms with Gasteiger partial charge >= 0.3 is 0 Å². The van der Waals surface area contributed by atoms with Crippen molar-refractivity contribution in [1.82, 2.24) is 0 Å². The smallest absolute Gasteiger partial charge is 0.109 e. The van der Waals surface area contributed by atoms with Crippen molar-refractivity contribution in [3.63, 3.8) is 0 Å². The Labute approximate surface area is 258 Å². The van der Waals surface area contributed by atoms with Crippen molar-refractivity contribution < 1.29 is 19.3 Å². The molecule has 4 rings (SSSR count). The quantitative estimate of drug-likeness (QED) is 0.203. The maximum atomic E-state index is 10.2. The van der Waals surface area contributed by atoms with Crippen LogP contribution in [0.3, 0.4) is 0 Å². The number of aliphatic hydroxyl groups excluding tert-OH is 1. The fourth-order valence-electron chi connectivity index (χ4n) is 11.0. The molecular weight excluding hydrogens is 528 g/mol. The van der Waals surface area contributed by atoms with Gasteiger partial charge in [-0.2, -0.15) is 0 Å². The number of aliphatic hydroxyl groups is 1. The van der Waals surface area contributed by atoms with Gasteiger partial charge in [0.2, 0.25) is 0 Å². The summed E-state index contributed by atoms with van der Waals surface area (Å²) in [5.41, 5.74) is 1.13. The van der Waals surface area contributed by atoms with Crippen molar-refractivity contribution in [1.29, 1.82) is 0 Å². The Morgan fingerprint density at radius 1 is 0.854 bits per heavy atom. The van der Waals surface area contributed by atoms with Gasteiger partial charge < -0.3 is 19.3 Å². The summed E-state index contributed by atoms with van der Waals surface area (Å²) in [7, 11) is 3.38. The molecule has 0 radical (unpaired) electrons. The SMILES string of the molecule is COC([C@@H](C)O)[C@@H](CC(O[C@H]1CC[C@@]2(C)[C@@H](CC[C@@H]3[C@@H]2CC[C@]2(C)[C@@H]([C@@H](C)CCCC(C)C)CC[C@@H]32)C1)SC)OC. The summed E-state index contributed by atoms with van der Waals surface area (Å²) in [5.74, 6) is 6.30. The van der Waals surface area contributed by atoms with E-state index < -0.39 is 6.10 Å². The predicted molar refractivity (Wildman–Crippen MR) is 173 cm³/mol. The van der Waals surface area contributed by atoms with Gasteiger partial charge in [0.1, 0.15) is 11.5 Å². The van der Waals surface area contributed by atoms with Crippen LogP contribution in [0.4, 0.5) is 0 Å². The van der Waals surface area contributed by atoms with Gasteiger partial charge in [-0.1, -0.05) is 53.9 Å². The summed E-state index contributed by atoms with van der Waals surface area (Å²) in [5, 5.41) is 10.2. The molecule has 4 fully saturated rings. The van der Waals surface area contributed by atoms with E-state index in [0.29, 0.717) is 16.9 Å². The minimum atomic E-state index is -0.571. The molecule has 0 aromatic carbocycles. The molecule has 0 aromatic rings. The van der Waals surface area contributed by atoms with E-state index in [1.165, 1.54) is 77.0 Å². The Hall–Kier alpha value is 0.190. The van der Waals surface area contributed by atoms with E-state index in [4.69, 9.17) is 14.2 Å². The third kappa shape index (κ3) is 7.21. The van der Waals surface area contributed by atoms with Gasteiger partial charge in [-0.15, -0.1) is 11.8 Å². The molecule has 13 atom stereocenters. The van der Waals surface area contributed by atoms with Crippen LogP contribution in [0.25, 0.3) is 0 Å². The molecule has 240 valence electrons. The average Bonchev–Trinajstić information content (AvgIpc) is 3.29. The van der Waals surface area contributed by atoms with Crippen molar-refractivity contribution >= 4 is 11.8 Å². The lowest BCUT2D eigenvalue weighted by atomic mass is 9.44. The highest BCUT2D eigenvalue weighted by molar-refractivity contribution is 7.99. The van der Waals surface area contributed by atoms with Crippen LogP contribution in [-0.2, 0) is 14.2 Å². The normalized spacial score (nSPS) is 40.8. The Bertz CT molecular complexity index is 804. The van der Waals surface area contributed by atoms with E-state index in [2.05, 4.69) is 40.9 Å². The molecule has 5 heteroatoms. The second-order valence-corrected chi connectivity index (χ2v) is 16.8. The second kappa shape index (κ2) is 14.5. The fraction of sp³-hybridized carbons (Fsp3) is 1.00. The molecule has 4 aliphatic rings. The van der Waals surface area contributed by atoms with Crippen molar-refractivity contribution in [2.75, 3.05) is 20.5 Å². The van der Waals surface area contributed by atoms with Gasteiger partial charge in [-0.25, -0.2) is 0 Å². The molecule has 0 aromatic heterocycles. The van der Waals surface area contributed by atoms with Crippen LogP contribution in [0.15, 0.2) is 0 Å². The molecular formula is C36H66O4S. The lowest BCUT2D eigenvalue weighted by Crippen LogP contribution is -2.54. The highest BCUT2D eigenvalue weighted by Crippen LogP contribution is 2.68. The summed E-state index contributed by atoms with van der Waals surface area (Å²) >= 11 is 1.77. The summed E-state index contributed by atoms with van der Waals surface area (Å²) in [6, 6.07) is 0. The number of fused-ring (bicyclic) bond motifs is 5. The first-order valence-electron chi connectivity index (χ1n) is 17.4. The van der Waals surface area contributed by atoms with Crippen LogP contribution in [0.1, 0.15) is 125 Å². The zero-order chi connectivity index (χ0) is 29.9. The summed E-state index contributed by atoms with van der Waals surface area (Å²) in [6.07, 6.45) is 18.9. The number of thioether (sulfide) groups is 1. The van der Waals surface area contributed by atoms with Crippen LogP contribution in [0.2, 0.25) is 0 Å². The van der Waals surface area contributed by atoms with Crippen LogP contribution in [-0.4, -0.2) is 55.4 Å². The van der Waals surface area contributed by atoms with Crippen molar-refractivity contribution in [3.8, 4) is 0 Å². The fourth-order valence-corrected chi connectivity index (χ4v) is 11.7. The predicted octanol–water partition coefficient (Wildman–Crippen LogP) is 8.98.